The Morgan fingerprint density at radius 3 is 2.79 bits per heavy atom. The number of hydrogen-bond acceptors (Lipinski definition) is 7. The molecule has 0 aliphatic heterocycles. The van der Waals surface area contributed by atoms with Crippen LogP contribution in [0.1, 0.15) is 16.1 Å². The maximum Gasteiger partial charge on any atom is 0.251 e. The molecule has 1 aromatic carbocycles. The van der Waals surface area contributed by atoms with E-state index in [0.29, 0.717) is 36.8 Å². The minimum atomic E-state index is -0.199. The number of methoxy groups -OCH3 is 1. The molecule has 2 rings (SSSR count). The van der Waals surface area contributed by atoms with Gasteiger partial charge in [-0.3, -0.25) is 4.79 Å². The van der Waals surface area contributed by atoms with Gasteiger partial charge in [-0.2, -0.15) is 0 Å². The van der Waals surface area contributed by atoms with Gasteiger partial charge >= 0.3 is 0 Å². The highest BCUT2D eigenvalue weighted by Crippen LogP contribution is 2.28. The maximum atomic E-state index is 12.3. The number of carbonyl (C=O) groups is 1. The van der Waals surface area contributed by atoms with E-state index in [2.05, 4.69) is 10.3 Å². The Labute approximate surface area is 145 Å². The molecule has 0 saturated heterocycles. The lowest BCUT2D eigenvalue weighted by molar-refractivity contribution is 0.0950. The molecule has 0 aliphatic rings. The first-order chi connectivity index (χ1) is 11.5. The number of carbonyl (C=O) groups excluding carboxylic acids is 1. The van der Waals surface area contributed by atoms with Gasteiger partial charge in [-0.05, 0) is 18.2 Å². The van der Waals surface area contributed by atoms with Gasteiger partial charge in [-0.15, -0.1) is 11.3 Å². The highest BCUT2D eigenvalue weighted by atomic mass is 32.1. The summed E-state index contributed by atoms with van der Waals surface area (Å²) in [6.07, 6.45) is 0. The van der Waals surface area contributed by atoms with Crippen molar-refractivity contribution in [2.45, 2.75) is 6.54 Å². The first-order valence-corrected chi connectivity index (χ1v) is 8.34. The van der Waals surface area contributed by atoms with E-state index in [4.69, 9.17) is 15.2 Å². The molecule has 0 spiro atoms. The number of nitrogens with zero attached hydrogens (tertiary/aromatic N) is 2. The van der Waals surface area contributed by atoms with Crippen molar-refractivity contribution in [3.63, 3.8) is 0 Å². The zero-order valence-electron chi connectivity index (χ0n) is 14.0. The van der Waals surface area contributed by atoms with Crippen LogP contribution >= 0.6 is 11.3 Å². The van der Waals surface area contributed by atoms with Crippen LogP contribution in [0.15, 0.2) is 23.6 Å². The summed E-state index contributed by atoms with van der Waals surface area (Å²) in [6, 6.07) is 5.04. The van der Waals surface area contributed by atoms with Crippen molar-refractivity contribution in [3.05, 3.63) is 34.8 Å². The van der Waals surface area contributed by atoms with Crippen molar-refractivity contribution < 1.29 is 14.3 Å². The Kier molecular flexibility index (Phi) is 6.39. The molecule has 24 heavy (non-hydrogen) atoms. The van der Waals surface area contributed by atoms with E-state index in [9.17, 15) is 4.79 Å². The van der Waals surface area contributed by atoms with Crippen LogP contribution in [0.5, 0.6) is 11.5 Å². The zero-order valence-corrected chi connectivity index (χ0v) is 14.9. The molecule has 0 radical (unpaired) electrons. The second-order valence-corrected chi connectivity index (χ2v) is 6.04. The number of thiazole rings is 1. The molecule has 0 saturated carbocycles. The molecule has 0 fully saturated rings. The van der Waals surface area contributed by atoms with Crippen molar-refractivity contribution in [2.75, 3.05) is 39.3 Å². The number of hydrogen-bond donors (Lipinski definition) is 2. The van der Waals surface area contributed by atoms with E-state index in [-0.39, 0.29) is 5.91 Å². The molecular weight excluding hydrogens is 328 g/mol. The molecule has 1 amide bonds. The Hall–Kier alpha value is -2.32. The highest BCUT2D eigenvalue weighted by molar-refractivity contribution is 7.13. The van der Waals surface area contributed by atoms with Crippen LogP contribution in [-0.2, 0) is 6.54 Å². The molecule has 0 aliphatic carbocycles. The van der Waals surface area contributed by atoms with E-state index >= 15 is 0 Å². The van der Waals surface area contributed by atoms with Crippen LogP contribution < -0.4 is 25.4 Å². The van der Waals surface area contributed by atoms with Crippen LogP contribution in [0.25, 0.3) is 0 Å². The minimum absolute atomic E-state index is 0.199. The second-order valence-electron chi connectivity index (χ2n) is 5.20. The molecule has 0 unspecified atom stereocenters. The summed E-state index contributed by atoms with van der Waals surface area (Å²) in [7, 11) is 5.41. The summed E-state index contributed by atoms with van der Waals surface area (Å²) in [6.45, 7) is 1.11. The van der Waals surface area contributed by atoms with Gasteiger partial charge in [0.15, 0.2) is 16.6 Å². The fourth-order valence-corrected chi connectivity index (χ4v) is 2.71. The van der Waals surface area contributed by atoms with Gasteiger partial charge in [0, 0.05) is 31.6 Å². The summed E-state index contributed by atoms with van der Waals surface area (Å²) in [5.74, 6) is 0.865. The Bertz CT molecular complexity index is 688. The molecule has 7 nitrogen and oxygen atoms in total. The molecule has 0 bridgehead atoms. The SMILES string of the molecule is COc1ccc(C(=O)NCc2csc(N(C)C)n2)cc1OCCN. The monoisotopic (exact) mass is 350 g/mol. The Balaban J connectivity index is 2.02. The third kappa shape index (κ3) is 4.59. The third-order valence-corrected chi connectivity index (χ3v) is 4.21. The third-order valence-electron chi connectivity index (χ3n) is 3.15. The van der Waals surface area contributed by atoms with Gasteiger partial charge < -0.3 is 25.4 Å². The normalized spacial score (nSPS) is 10.3. The highest BCUT2D eigenvalue weighted by Gasteiger charge is 2.12. The lowest BCUT2D eigenvalue weighted by Gasteiger charge is -2.11. The van der Waals surface area contributed by atoms with Crippen LogP contribution in [0.4, 0.5) is 5.13 Å². The van der Waals surface area contributed by atoms with Crippen molar-refractivity contribution in [3.8, 4) is 11.5 Å². The van der Waals surface area contributed by atoms with Crippen LogP contribution in [0, 0.1) is 0 Å². The smallest absolute Gasteiger partial charge is 0.251 e. The lowest BCUT2D eigenvalue weighted by Crippen LogP contribution is -2.23. The lowest BCUT2D eigenvalue weighted by atomic mass is 10.2. The maximum absolute atomic E-state index is 12.3. The fourth-order valence-electron chi connectivity index (χ4n) is 1.96. The van der Waals surface area contributed by atoms with Gasteiger partial charge in [0.05, 0.1) is 19.3 Å². The minimum Gasteiger partial charge on any atom is -0.493 e. The summed E-state index contributed by atoms with van der Waals surface area (Å²) < 4.78 is 10.7. The summed E-state index contributed by atoms with van der Waals surface area (Å²) in [5, 5.41) is 5.69. The average Bonchev–Trinajstić information content (AvgIpc) is 3.06. The van der Waals surface area contributed by atoms with Crippen molar-refractivity contribution in [1.82, 2.24) is 10.3 Å². The topological polar surface area (TPSA) is 89.7 Å². The summed E-state index contributed by atoms with van der Waals surface area (Å²) >= 11 is 1.54. The molecule has 1 aromatic heterocycles. The second kappa shape index (κ2) is 8.51. The molecule has 130 valence electrons. The number of anilines is 1. The van der Waals surface area contributed by atoms with Gasteiger partial charge in [-0.25, -0.2) is 4.98 Å². The number of nitrogens with two attached hydrogens (primary N) is 1. The van der Waals surface area contributed by atoms with E-state index in [1.165, 1.54) is 11.3 Å². The predicted molar refractivity (Wildman–Crippen MR) is 95.2 cm³/mol. The standard InChI is InChI=1S/C16H22N4O3S/c1-20(2)16-19-12(10-24-16)9-18-15(21)11-4-5-13(22-3)14(8-11)23-7-6-17/h4-5,8,10H,6-7,9,17H2,1-3H3,(H,18,21). The fraction of sp³-hybridized carbons (Fsp3) is 0.375. The van der Waals surface area contributed by atoms with Gasteiger partial charge in [0.2, 0.25) is 0 Å². The number of aromatic nitrogens is 1. The molecule has 0 atom stereocenters. The average molecular weight is 350 g/mol. The number of amides is 1. The Morgan fingerprint density at radius 1 is 1.38 bits per heavy atom. The molecule has 8 heteroatoms. The first kappa shape index (κ1) is 18.0. The van der Waals surface area contributed by atoms with Crippen molar-refractivity contribution >= 4 is 22.4 Å². The Morgan fingerprint density at radius 2 is 2.17 bits per heavy atom. The van der Waals surface area contributed by atoms with Gasteiger partial charge in [0.1, 0.15) is 6.61 Å². The van der Waals surface area contributed by atoms with Crippen LogP contribution in [0.2, 0.25) is 0 Å². The summed E-state index contributed by atoms with van der Waals surface area (Å²) in [5.41, 5.74) is 6.76. The quantitative estimate of drug-likeness (QED) is 0.750. The molecule has 2 aromatic rings. The van der Waals surface area contributed by atoms with Crippen LogP contribution in [-0.4, -0.2) is 45.2 Å². The molecular formula is C16H22N4O3S. The van der Waals surface area contributed by atoms with Crippen LogP contribution in [0.3, 0.4) is 0 Å². The number of rotatable bonds is 8. The van der Waals surface area contributed by atoms with E-state index in [1.54, 1.807) is 25.3 Å². The van der Waals surface area contributed by atoms with E-state index < -0.39 is 0 Å². The molecule has 1 heterocycles. The van der Waals surface area contributed by atoms with Gasteiger partial charge in [-0.1, -0.05) is 0 Å². The largest absolute Gasteiger partial charge is 0.493 e. The summed E-state index contributed by atoms with van der Waals surface area (Å²) in [4.78, 5) is 18.7. The van der Waals surface area contributed by atoms with E-state index in [0.717, 1.165) is 10.8 Å². The van der Waals surface area contributed by atoms with Crippen molar-refractivity contribution in [2.24, 2.45) is 5.73 Å². The van der Waals surface area contributed by atoms with Crippen molar-refractivity contribution in [1.29, 1.82) is 0 Å². The number of nitrogens with one attached hydrogen (secondary N) is 1. The van der Waals surface area contributed by atoms with E-state index in [1.807, 2.05) is 24.4 Å². The predicted octanol–water partition coefficient (Wildman–Crippen LogP) is 1.49. The van der Waals surface area contributed by atoms with Gasteiger partial charge in [0.25, 0.3) is 5.91 Å². The zero-order chi connectivity index (χ0) is 17.5. The number of benzene rings is 1. The first-order valence-electron chi connectivity index (χ1n) is 7.46. The number of ether oxygens (including phenoxy) is 2. The molecule has 3 N–H and O–H groups in total.